The van der Waals surface area contributed by atoms with Gasteiger partial charge in [0.25, 0.3) is 0 Å². The van der Waals surface area contributed by atoms with Crippen molar-refractivity contribution in [3.63, 3.8) is 0 Å². The number of halogens is 6. The molecule has 86 valence electrons. The van der Waals surface area contributed by atoms with Crippen LogP contribution in [0.2, 0.25) is 0 Å². The first-order valence-electron chi connectivity index (χ1n) is 2.49. The van der Waals surface area contributed by atoms with Gasteiger partial charge in [-0.25, -0.2) is 9.59 Å². The van der Waals surface area contributed by atoms with Crippen LogP contribution >= 0.6 is 0 Å². The van der Waals surface area contributed by atoms with Crippen LogP contribution < -0.4 is 0 Å². The van der Waals surface area contributed by atoms with E-state index < -0.39 is 24.3 Å². The average Bonchev–Trinajstić information content (AvgIpc) is 1.83. The average molecular weight is 340 g/mol. The van der Waals surface area contributed by atoms with Gasteiger partial charge < -0.3 is 10.2 Å². The molecule has 0 aliphatic heterocycles. The zero-order valence-electron chi connectivity index (χ0n) is 6.69. The van der Waals surface area contributed by atoms with Crippen molar-refractivity contribution in [1.82, 2.24) is 0 Å². The molecule has 4 nitrogen and oxygen atoms in total. The predicted molar refractivity (Wildman–Crippen MR) is 27.4 cm³/mol. The molecule has 15 heavy (non-hydrogen) atoms. The monoisotopic (exact) mass is 342 g/mol. The molecule has 0 amide bonds. The second-order valence-corrected chi connectivity index (χ2v) is 1.61. The molecular formula is C4H2CdF6O4. The molecule has 0 saturated heterocycles. The Hall–Kier alpha value is -0.558. The van der Waals surface area contributed by atoms with Gasteiger partial charge in [0.15, 0.2) is 0 Å². The van der Waals surface area contributed by atoms with Crippen LogP contribution in [0.1, 0.15) is 0 Å². The van der Waals surface area contributed by atoms with E-state index >= 15 is 0 Å². The van der Waals surface area contributed by atoms with E-state index in [1.54, 1.807) is 0 Å². The van der Waals surface area contributed by atoms with E-state index in [0.29, 0.717) is 0 Å². The minimum absolute atomic E-state index is 0. The molecule has 0 atom stereocenters. The predicted octanol–water partition coefficient (Wildman–Crippen LogP) is 1.26. The van der Waals surface area contributed by atoms with Crippen molar-refractivity contribution >= 4 is 11.9 Å². The molecule has 0 spiro atoms. The van der Waals surface area contributed by atoms with E-state index in [1.807, 2.05) is 0 Å². The van der Waals surface area contributed by atoms with E-state index in [2.05, 4.69) is 0 Å². The van der Waals surface area contributed by atoms with E-state index in [-0.39, 0.29) is 27.3 Å². The van der Waals surface area contributed by atoms with Gasteiger partial charge in [-0.1, -0.05) is 0 Å². The Balaban J connectivity index is -0.000000180. The molecule has 0 unspecified atom stereocenters. The Bertz CT molecular complexity index is 196. The van der Waals surface area contributed by atoms with Gasteiger partial charge in [-0.15, -0.1) is 0 Å². The molecule has 0 fully saturated rings. The summed E-state index contributed by atoms with van der Waals surface area (Å²) >= 11 is 0. The summed E-state index contributed by atoms with van der Waals surface area (Å²) in [7, 11) is 0. The molecule has 0 saturated carbocycles. The minimum atomic E-state index is -5.08. The Kier molecular flexibility index (Phi) is 9.09. The fourth-order valence-corrected chi connectivity index (χ4v) is 0. The molecule has 0 aliphatic carbocycles. The van der Waals surface area contributed by atoms with Crippen molar-refractivity contribution in [1.29, 1.82) is 0 Å². The summed E-state index contributed by atoms with van der Waals surface area (Å²) in [6, 6.07) is 0. The molecule has 0 aromatic heterocycles. The molecule has 0 aromatic rings. The summed E-state index contributed by atoms with van der Waals surface area (Å²) in [5.74, 6) is -5.51. The van der Waals surface area contributed by atoms with Crippen LogP contribution in [0, 0.1) is 0 Å². The maximum absolute atomic E-state index is 10.6. The fourth-order valence-electron chi connectivity index (χ4n) is 0. The van der Waals surface area contributed by atoms with Crippen molar-refractivity contribution in [2.45, 2.75) is 12.4 Å². The smallest absolute Gasteiger partial charge is 0.475 e. The number of hydrogen-bond acceptors (Lipinski definition) is 2. The van der Waals surface area contributed by atoms with Crippen molar-refractivity contribution in [2.24, 2.45) is 0 Å². The van der Waals surface area contributed by atoms with Crippen LogP contribution in [0.15, 0.2) is 0 Å². The summed E-state index contributed by atoms with van der Waals surface area (Å²) in [5.41, 5.74) is 0. The third kappa shape index (κ3) is 13.4. The normalized spacial score (nSPS) is 10.5. The fraction of sp³-hybridized carbons (Fsp3) is 0.500. The van der Waals surface area contributed by atoms with Crippen LogP contribution in [-0.4, -0.2) is 34.5 Å². The Labute approximate surface area is 98.0 Å². The van der Waals surface area contributed by atoms with E-state index in [0.717, 1.165) is 0 Å². The Morgan fingerprint density at radius 2 is 0.800 bits per heavy atom. The van der Waals surface area contributed by atoms with Crippen molar-refractivity contribution in [2.75, 3.05) is 0 Å². The van der Waals surface area contributed by atoms with E-state index in [1.165, 1.54) is 0 Å². The second kappa shape index (κ2) is 6.84. The van der Waals surface area contributed by atoms with Crippen LogP contribution in [-0.2, 0) is 36.9 Å². The number of carboxylic acid groups (broad SMARTS) is 2. The van der Waals surface area contributed by atoms with Gasteiger partial charge in [0.05, 0.1) is 0 Å². The SMILES string of the molecule is O=C(O)C(F)(F)F.O=C(O)C(F)(F)F.[Cd]. The summed E-state index contributed by atoms with van der Waals surface area (Å²) in [5, 5.41) is 14.2. The second-order valence-electron chi connectivity index (χ2n) is 1.61. The Morgan fingerprint density at radius 3 is 0.800 bits per heavy atom. The first kappa shape index (κ1) is 19.9. The number of carbonyl (C=O) groups is 2. The summed E-state index contributed by atoms with van der Waals surface area (Å²) in [6.45, 7) is 0. The van der Waals surface area contributed by atoms with Crippen molar-refractivity contribution in [3.05, 3.63) is 0 Å². The molecule has 11 heteroatoms. The summed E-state index contributed by atoms with van der Waals surface area (Å²) < 4.78 is 63.5. The standard InChI is InChI=1S/2C2HF3O2.Cd/c2*3-2(4,5)1(6)7;/h2*(H,6,7);. The first-order valence-corrected chi connectivity index (χ1v) is 2.49. The van der Waals surface area contributed by atoms with Gasteiger partial charge in [-0.3, -0.25) is 0 Å². The number of hydrogen-bond donors (Lipinski definition) is 2. The van der Waals surface area contributed by atoms with E-state index in [9.17, 15) is 26.3 Å². The van der Waals surface area contributed by atoms with E-state index in [4.69, 9.17) is 19.8 Å². The van der Waals surface area contributed by atoms with Gasteiger partial charge >= 0.3 is 24.3 Å². The van der Waals surface area contributed by atoms with Crippen LogP contribution in [0.5, 0.6) is 0 Å². The molecule has 0 radical (unpaired) electrons. The first-order chi connectivity index (χ1) is 5.89. The van der Waals surface area contributed by atoms with Gasteiger partial charge in [-0.2, -0.15) is 26.3 Å². The Morgan fingerprint density at radius 1 is 0.733 bits per heavy atom. The van der Waals surface area contributed by atoms with Gasteiger partial charge in [-0.05, 0) is 0 Å². The summed E-state index contributed by atoms with van der Waals surface area (Å²) in [4.78, 5) is 17.8. The van der Waals surface area contributed by atoms with Crippen LogP contribution in [0.4, 0.5) is 26.3 Å². The molecule has 0 rings (SSSR count). The number of rotatable bonds is 0. The van der Waals surface area contributed by atoms with Crippen LogP contribution in [0.3, 0.4) is 0 Å². The molecule has 0 heterocycles. The number of alkyl halides is 6. The zero-order valence-corrected chi connectivity index (χ0v) is 10.7. The summed E-state index contributed by atoms with van der Waals surface area (Å²) in [6.07, 6.45) is -10.2. The molecule has 0 bridgehead atoms. The molecule has 2 N–H and O–H groups in total. The molecular weight excluding hydrogens is 338 g/mol. The van der Waals surface area contributed by atoms with Gasteiger partial charge in [0.2, 0.25) is 0 Å². The largest absolute Gasteiger partial charge is 0.490 e. The van der Waals surface area contributed by atoms with Gasteiger partial charge in [0.1, 0.15) is 0 Å². The number of aliphatic carboxylic acids is 2. The topological polar surface area (TPSA) is 74.6 Å². The third-order valence-corrected chi connectivity index (χ3v) is 0.485. The van der Waals surface area contributed by atoms with Crippen molar-refractivity contribution in [3.8, 4) is 0 Å². The molecule has 0 aromatic carbocycles. The zero-order chi connectivity index (χ0) is 12.2. The third-order valence-electron chi connectivity index (χ3n) is 0.485. The van der Waals surface area contributed by atoms with Crippen molar-refractivity contribution < 1.29 is 73.4 Å². The number of carboxylic acids is 2. The van der Waals surface area contributed by atoms with Gasteiger partial charge in [0, 0.05) is 27.3 Å². The maximum atomic E-state index is 10.6. The molecule has 0 aliphatic rings. The van der Waals surface area contributed by atoms with Crippen LogP contribution in [0.25, 0.3) is 0 Å². The minimum Gasteiger partial charge on any atom is -0.475 e. The quantitative estimate of drug-likeness (QED) is 0.514. The maximum Gasteiger partial charge on any atom is 0.490 e.